The normalized spacial score (nSPS) is 10.6. The van der Waals surface area contributed by atoms with Crippen LogP contribution in [-0.4, -0.2) is 47.3 Å². The van der Waals surface area contributed by atoms with E-state index < -0.39 is 0 Å². The van der Waals surface area contributed by atoms with Crippen molar-refractivity contribution in [2.45, 2.75) is 58.3 Å². The van der Waals surface area contributed by atoms with E-state index in [1.165, 1.54) is 0 Å². The van der Waals surface area contributed by atoms with Crippen molar-refractivity contribution in [2.24, 2.45) is 0 Å². The van der Waals surface area contributed by atoms with E-state index >= 15 is 0 Å². The standard InChI is InChI=1S/C14H29NO3/c1-2-3-4-9-14(18)15(10-5-7-12-16)11-6-8-13-17/h16-17H,2-13H2,1H3. The van der Waals surface area contributed by atoms with Gasteiger partial charge in [-0.25, -0.2) is 0 Å². The molecule has 18 heavy (non-hydrogen) atoms. The number of hydrogen-bond donors (Lipinski definition) is 2. The van der Waals surface area contributed by atoms with Crippen molar-refractivity contribution < 1.29 is 15.0 Å². The molecular formula is C14H29NO3. The lowest BCUT2D eigenvalue weighted by Gasteiger charge is -2.22. The minimum Gasteiger partial charge on any atom is -0.396 e. The molecule has 0 aromatic rings. The number of nitrogens with zero attached hydrogens (tertiary/aromatic N) is 1. The van der Waals surface area contributed by atoms with Crippen molar-refractivity contribution in [2.75, 3.05) is 26.3 Å². The Hall–Kier alpha value is -0.610. The molecule has 4 heteroatoms. The molecule has 0 rings (SSSR count). The molecule has 0 aliphatic heterocycles. The molecule has 0 saturated heterocycles. The van der Waals surface area contributed by atoms with Crippen molar-refractivity contribution in [3.05, 3.63) is 0 Å². The Balaban J connectivity index is 3.95. The highest BCUT2D eigenvalue weighted by Crippen LogP contribution is 2.06. The minimum atomic E-state index is 0.189. The first-order valence-corrected chi connectivity index (χ1v) is 7.25. The number of aliphatic hydroxyl groups is 2. The van der Waals surface area contributed by atoms with Crippen molar-refractivity contribution in [3.8, 4) is 0 Å². The maximum atomic E-state index is 12.0. The number of carbonyl (C=O) groups excluding carboxylic acids is 1. The van der Waals surface area contributed by atoms with Gasteiger partial charge in [0.2, 0.25) is 5.91 Å². The van der Waals surface area contributed by atoms with Gasteiger partial charge >= 0.3 is 0 Å². The molecule has 0 bridgehead atoms. The summed E-state index contributed by atoms with van der Waals surface area (Å²) in [6, 6.07) is 0. The zero-order valence-corrected chi connectivity index (χ0v) is 11.7. The van der Waals surface area contributed by atoms with Crippen molar-refractivity contribution >= 4 is 5.91 Å². The lowest BCUT2D eigenvalue weighted by Crippen LogP contribution is -2.33. The molecule has 0 spiro atoms. The zero-order valence-electron chi connectivity index (χ0n) is 11.7. The second kappa shape index (κ2) is 12.8. The molecule has 0 atom stereocenters. The average Bonchev–Trinajstić information content (AvgIpc) is 2.37. The minimum absolute atomic E-state index is 0.189. The maximum Gasteiger partial charge on any atom is 0.222 e. The molecule has 4 nitrogen and oxygen atoms in total. The number of aliphatic hydroxyl groups excluding tert-OH is 2. The Labute approximate surface area is 111 Å². The molecule has 0 heterocycles. The van der Waals surface area contributed by atoms with E-state index in [2.05, 4.69) is 6.92 Å². The van der Waals surface area contributed by atoms with Gasteiger partial charge in [0.05, 0.1) is 0 Å². The number of rotatable bonds is 12. The summed E-state index contributed by atoms with van der Waals surface area (Å²) in [5.41, 5.74) is 0. The van der Waals surface area contributed by atoms with Gasteiger partial charge in [0.25, 0.3) is 0 Å². The molecule has 0 saturated carbocycles. The van der Waals surface area contributed by atoms with E-state index in [1.807, 2.05) is 4.90 Å². The molecule has 2 N–H and O–H groups in total. The van der Waals surface area contributed by atoms with Crippen LogP contribution in [0.15, 0.2) is 0 Å². The van der Waals surface area contributed by atoms with Crippen LogP contribution in [0.1, 0.15) is 58.3 Å². The summed E-state index contributed by atoms with van der Waals surface area (Å²) in [6.07, 6.45) is 7.04. The lowest BCUT2D eigenvalue weighted by molar-refractivity contribution is -0.131. The third kappa shape index (κ3) is 9.42. The Morgan fingerprint density at radius 1 is 0.889 bits per heavy atom. The summed E-state index contributed by atoms with van der Waals surface area (Å²) in [5, 5.41) is 17.5. The van der Waals surface area contributed by atoms with E-state index in [9.17, 15) is 4.79 Å². The smallest absolute Gasteiger partial charge is 0.222 e. The first-order valence-electron chi connectivity index (χ1n) is 7.25. The number of carbonyl (C=O) groups is 1. The van der Waals surface area contributed by atoms with Gasteiger partial charge < -0.3 is 15.1 Å². The van der Waals surface area contributed by atoms with Crippen molar-refractivity contribution in [3.63, 3.8) is 0 Å². The van der Waals surface area contributed by atoms with Gasteiger partial charge in [-0.2, -0.15) is 0 Å². The SMILES string of the molecule is CCCCCC(=O)N(CCCCO)CCCCO. The third-order valence-corrected chi connectivity index (χ3v) is 3.02. The Kier molecular flexibility index (Phi) is 12.4. The van der Waals surface area contributed by atoms with E-state index in [1.54, 1.807) is 0 Å². The van der Waals surface area contributed by atoms with Crippen LogP contribution < -0.4 is 0 Å². The highest BCUT2D eigenvalue weighted by Gasteiger charge is 2.11. The average molecular weight is 259 g/mol. The number of amides is 1. The molecule has 0 radical (unpaired) electrons. The molecule has 0 unspecified atom stereocenters. The van der Waals surface area contributed by atoms with Crippen LogP contribution in [0.4, 0.5) is 0 Å². The predicted molar refractivity (Wildman–Crippen MR) is 73.4 cm³/mol. The molecule has 0 aromatic carbocycles. The number of unbranched alkanes of at least 4 members (excludes halogenated alkanes) is 4. The highest BCUT2D eigenvalue weighted by molar-refractivity contribution is 5.76. The Morgan fingerprint density at radius 2 is 1.44 bits per heavy atom. The zero-order chi connectivity index (χ0) is 13.6. The van der Waals surface area contributed by atoms with Crippen LogP contribution in [0, 0.1) is 0 Å². The van der Waals surface area contributed by atoms with Gasteiger partial charge in [-0.15, -0.1) is 0 Å². The second-order valence-corrected chi connectivity index (χ2v) is 4.70. The number of hydrogen-bond acceptors (Lipinski definition) is 3. The summed E-state index contributed by atoms with van der Waals surface area (Å²) in [6.45, 7) is 3.97. The molecule has 1 amide bonds. The van der Waals surface area contributed by atoms with Crippen LogP contribution in [0.2, 0.25) is 0 Å². The van der Waals surface area contributed by atoms with Crippen LogP contribution in [0.3, 0.4) is 0 Å². The maximum absolute atomic E-state index is 12.0. The summed E-state index contributed by atoms with van der Waals surface area (Å²) in [4.78, 5) is 13.9. The second-order valence-electron chi connectivity index (χ2n) is 4.70. The van der Waals surface area contributed by atoms with E-state index in [4.69, 9.17) is 10.2 Å². The first kappa shape index (κ1) is 17.4. The first-order chi connectivity index (χ1) is 8.76. The van der Waals surface area contributed by atoms with Crippen molar-refractivity contribution in [1.82, 2.24) is 4.90 Å². The largest absolute Gasteiger partial charge is 0.396 e. The highest BCUT2D eigenvalue weighted by atomic mass is 16.3. The van der Waals surface area contributed by atoms with Gasteiger partial charge in [-0.05, 0) is 32.1 Å². The summed E-state index contributed by atoms with van der Waals surface area (Å²) < 4.78 is 0. The van der Waals surface area contributed by atoms with Gasteiger partial charge in [0.15, 0.2) is 0 Å². The van der Waals surface area contributed by atoms with Crippen LogP contribution in [0.25, 0.3) is 0 Å². The predicted octanol–water partition coefficient (Wildman–Crippen LogP) is 1.94. The molecule has 108 valence electrons. The van der Waals surface area contributed by atoms with Crippen LogP contribution in [0.5, 0.6) is 0 Å². The van der Waals surface area contributed by atoms with Crippen LogP contribution in [-0.2, 0) is 4.79 Å². The van der Waals surface area contributed by atoms with Gasteiger partial charge in [0, 0.05) is 32.7 Å². The quantitative estimate of drug-likeness (QED) is 0.527. The Bertz CT molecular complexity index is 187. The summed E-state index contributed by atoms with van der Waals surface area (Å²) in [5.74, 6) is 0.222. The molecule has 0 aromatic heterocycles. The van der Waals surface area contributed by atoms with Gasteiger partial charge in [0.1, 0.15) is 0 Å². The fourth-order valence-electron chi connectivity index (χ4n) is 1.87. The fourth-order valence-corrected chi connectivity index (χ4v) is 1.87. The topological polar surface area (TPSA) is 60.8 Å². The lowest BCUT2D eigenvalue weighted by atomic mass is 10.1. The van der Waals surface area contributed by atoms with Crippen LogP contribution >= 0.6 is 0 Å². The monoisotopic (exact) mass is 259 g/mol. The molecule has 0 aliphatic carbocycles. The van der Waals surface area contributed by atoms with Crippen molar-refractivity contribution in [1.29, 1.82) is 0 Å². The fraction of sp³-hybridized carbons (Fsp3) is 0.929. The summed E-state index contributed by atoms with van der Waals surface area (Å²) >= 11 is 0. The molecular weight excluding hydrogens is 230 g/mol. The van der Waals surface area contributed by atoms with Gasteiger partial charge in [-0.1, -0.05) is 19.8 Å². The molecule has 0 fully saturated rings. The third-order valence-electron chi connectivity index (χ3n) is 3.02. The van der Waals surface area contributed by atoms with E-state index in [0.717, 1.165) is 58.0 Å². The van der Waals surface area contributed by atoms with E-state index in [0.29, 0.717) is 6.42 Å². The van der Waals surface area contributed by atoms with Gasteiger partial charge in [-0.3, -0.25) is 4.79 Å². The summed E-state index contributed by atoms with van der Waals surface area (Å²) in [7, 11) is 0. The Morgan fingerprint density at radius 3 is 1.89 bits per heavy atom. The van der Waals surface area contributed by atoms with E-state index in [-0.39, 0.29) is 19.1 Å². The molecule has 0 aliphatic rings.